The van der Waals surface area contributed by atoms with E-state index in [2.05, 4.69) is 10.5 Å². The zero-order valence-electron chi connectivity index (χ0n) is 14.4. The van der Waals surface area contributed by atoms with Gasteiger partial charge in [-0.05, 0) is 6.92 Å². The fourth-order valence-corrected chi connectivity index (χ4v) is 2.08. The highest BCUT2D eigenvalue weighted by Gasteiger charge is 2.23. The van der Waals surface area contributed by atoms with E-state index in [9.17, 15) is 14.4 Å². The Morgan fingerprint density at radius 1 is 1.19 bits per heavy atom. The van der Waals surface area contributed by atoms with Gasteiger partial charge in [-0.15, -0.1) is 0 Å². The number of esters is 1. The Hall–Kier alpha value is -3.20. The van der Waals surface area contributed by atoms with Gasteiger partial charge in [-0.1, -0.05) is 35.5 Å². The summed E-state index contributed by atoms with van der Waals surface area (Å²) in [5, 5.41) is 8.32. The van der Waals surface area contributed by atoms with Gasteiger partial charge in [0.25, 0.3) is 5.91 Å². The van der Waals surface area contributed by atoms with Crippen molar-refractivity contribution in [1.29, 1.82) is 0 Å². The number of carbonyl (C=O) groups is 3. The molecule has 3 amide bonds. The molecule has 1 aromatic carbocycles. The van der Waals surface area contributed by atoms with E-state index in [0.717, 1.165) is 0 Å². The van der Waals surface area contributed by atoms with Crippen LogP contribution in [0.25, 0.3) is 11.3 Å². The standard InChI is InChI=1S/C17H19N3O6/c1-11-14(15(20-26-11)12-6-4-3-5-7-12)16(22)25-10-13(21)19-17(23)18-8-9-24-2/h3-7H,8-10H2,1-2H3,(H2,18,19,21,23). The van der Waals surface area contributed by atoms with Crippen LogP contribution in [0.4, 0.5) is 4.79 Å². The summed E-state index contributed by atoms with van der Waals surface area (Å²) >= 11 is 0. The first kappa shape index (κ1) is 19.1. The zero-order chi connectivity index (χ0) is 18.9. The van der Waals surface area contributed by atoms with Crippen LogP contribution >= 0.6 is 0 Å². The molecule has 0 bridgehead atoms. The Morgan fingerprint density at radius 3 is 2.62 bits per heavy atom. The second-order valence-electron chi connectivity index (χ2n) is 5.20. The Morgan fingerprint density at radius 2 is 1.92 bits per heavy atom. The molecule has 1 aromatic heterocycles. The predicted molar refractivity (Wildman–Crippen MR) is 90.4 cm³/mol. The van der Waals surface area contributed by atoms with Crippen molar-refractivity contribution in [1.82, 2.24) is 15.8 Å². The third kappa shape index (κ3) is 5.15. The number of hydrogen-bond donors (Lipinski definition) is 2. The molecule has 0 atom stereocenters. The molecule has 9 nitrogen and oxygen atoms in total. The fourth-order valence-electron chi connectivity index (χ4n) is 2.08. The molecule has 0 radical (unpaired) electrons. The van der Waals surface area contributed by atoms with E-state index in [0.29, 0.717) is 17.9 Å². The van der Waals surface area contributed by atoms with Gasteiger partial charge in [0, 0.05) is 19.2 Å². The van der Waals surface area contributed by atoms with Gasteiger partial charge < -0.3 is 19.3 Å². The number of ether oxygens (including phenoxy) is 2. The lowest BCUT2D eigenvalue weighted by Gasteiger charge is -2.07. The molecule has 0 saturated heterocycles. The van der Waals surface area contributed by atoms with Crippen LogP contribution in [-0.2, 0) is 14.3 Å². The van der Waals surface area contributed by atoms with Gasteiger partial charge in [0.2, 0.25) is 0 Å². The number of amides is 3. The SMILES string of the molecule is COCCNC(=O)NC(=O)COC(=O)c1c(-c2ccccc2)noc1C. The zero-order valence-corrected chi connectivity index (χ0v) is 14.4. The molecule has 0 aliphatic rings. The Labute approximate surface area is 149 Å². The molecule has 0 unspecified atom stereocenters. The maximum Gasteiger partial charge on any atom is 0.344 e. The normalized spacial score (nSPS) is 10.2. The molecule has 9 heteroatoms. The third-order valence-electron chi connectivity index (χ3n) is 3.29. The van der Waals surface area contributed by atoms with Gasteiger partial charge in [-0.25, -0.2) is 9.59 Å². The van der Waals surface area contributed by atoms with Gasteiger partial charge in [-0.3, -0.25) is 10.1 Å². The topological polar surface area (TPSA) is 120 Å². The number of aromatic nitrogens is 1. The van der Waals surface area contributed by atoms with Crippen LogP contribution in [0.5, 0.6) is 0 Å². The monoisotopic (exact) mass is 361 g/mol. The van der Waals surface area contributed by atoms with Crippen molar-refractivity contribution >= 4 is 17.9 Å². The van der Waals surface area contributed by atoms with Crippen molar-refractivity contribution in [2.45, 2.75) is 6.92 Å². The first-order chi connectivity index (χ1) is 12.5. The minimum atomic E-state index is -0.766. The Balaban J connectivity index is 1.93. The van der Waals surface area contributed by atoms with Crippen molar-refractivity contribution < 1.29 is 28.4 Å². The van der Waals surface area contributed by atoms with Crippen molar-refractivity contribution in [3.63, 3.8) is 0 Å². The number of methoxy groups -OCH3 is 1. The van der Waals surface area contributed by atoms with Gasteiger partial charge in [0.05, 0.1) is 6.61 Å². The first-order valence-electron chi connectivity index (χ1n) is 7.78. The molecular weight excluding hydrogens is 342 g/mol. The van der Waals surface area contributed by atoms with Crippen molar-refractivity contribution in [2.24, 2.45) is 0 Å². The summed E-state index contributed by atoms with van der Waals surface area (Å²) in [5.74, 6) is -1.26. The summed E-state index contributed by atoms with van der Waals surface area (Å²) in [7, 11) is 1.49. The number of benzene rings is 1. The minimum Gasteiger partial charge on any atom is -0.452 e. The van der Waals surface area contributed by atoms with Crippen LogP contribution in [0, 0.1) is 6.92 Å². The lowest BCUT2D eigenvalue weighted by atomic mass is 10.1. The molecule has 2 rings (SSSR count). The second kappa shape index (κ2) is 9.33. The lowest BCUT2D eigenvalue weighted by molar-refractivity contribution is -0.123. The third-order valence-corrected chi connectivity index (χ3v) is 3.29. The molecule has 138 valence electrons. The summed E-state index contributed by atoms with van der Waals surface area (Å²) in [6.07, 6.45) is 0. The molecule has 0 spiro atoms. The smallest absolute Gasteiger partial charge is 0.344 e. The molecule has 0 aliphatic carbocycles. The molecule has 26 heavy (non-hydrogen) atoms. The number of imide groups is 1. The van der Waals surface area contributed by atoms with E-state index < -0.39 is 24.5 Å². The summed E-state index contributed by atoms with van der Waals surface area (Å²) in [6, 6.07) is 8.26. The average molecular weight is 361 g/mol. The Kier molecular flexibility index (Phi) is 6.86. The predicted octanol–water partition coefficient (Wildman–Crippen LogP) is 1.28. The van der Waals surface area contributed by atoms with Crippen LogP contribution in [0.15, 0.2) is 34.9 Å². The molecular formula is C17H19N3O6. The number of hydrogen-bond acceptors (Lipinski definition) is 7. The number of rotatable bonds is 7. The molecule has 0 fully saturated rings. The van der Waals surface area contributed by atoms with Crippen LogP contribution < -0.4 is 10.6 Å². The molecule has 1 heterocycles. The van der Waals surface area contributed by atoms with E-state index in [1.54, 1.807) is 31.2 Å². The molecule has 0 saturated carbocycles. The molecule has 2 N–H and O–H groups in total. The van der Waals surface area contributed by atoms with E-state index in [-0.39, 0.29) is 17.9 Å². The van der Waals surface area contributed by atoms with Gasteiger partial charge in [0.1, 0.15) is 17.0 Å². The summed E-state index contributed by atoms with van der Waals surface area (Å²) < 4.78 is 14.8. The van der Waals surface area contributed by atoms with Crippen molar-refractivity contribution in [3.05, 3.63) is 41.7 Å². The number of carbonyl (C=O) groups excluding carboxylic acids is 3. The maximum atomic E-state index is 12.3. The van der Waals surface area contributed by atoms with E-state index >= 15 is 0 Å². The molecule has 0 aliphatic heterocycles. The first-order valence-corrected chi connectivity index (χ1v) is 7.78. The van der Waals surface area contributed by atoms with Crippen LogP contribution in [0.2, 0.25) is 0 Å². The van der Waals surface area contributed by atoms with Gasteiger partial charge >= 0.3 is 12.0 Å². The second-order valence-corrected chi connectivity index (χ2v) is 5.20. The minimum absolute atomic E-state index is 0.133. The van der Waals surface area contributed by atoms with Crippen LogP contribution in [-0.4, -0.2) is 49.9 Å². The summed E-state index contributed by atoms with van der Waals surface area (Å²) in [4.78, 5) is 35.4. The quantitative estimate of drug-likeness (QED) is 0.563. The highest BCUT2D eigenvalue weighted by atomic mass is 16.5. The van der Waals surface area contributed by atoms with Crippen molar-refractivity contribution in [2.75, 3.05) is 26.9 Å². The van der Waals surface area contributed by atoms with Gasteiger partial charge in [-0.2, -0.15) is 0 Å². The fraction of sp³-hybridized carbons (Fsp3) is 0.294. The molecule has 2 aromatic rings. The maximum absolute atomic E-state index is 12.3. The largest absolute Gasteiger partial charge is 0.452 e. The summed E-state index contributed by atoms with van der Waals surface area (Å²) in [6.45, 7) is 1.51. The van der Waals surface area contributed by atoms with Gasteiger partial charge in [0.15, 0.2) is 6.61 Å². The van der Waals surface area contributed by atoms with E-state index in [4.69, 9.17) is 14.0 Å². The van der Waals surface area contributed by atoms with Crippen molar-refractivity contribution in [3.8, 4) is 11.3 Å². The summed E-state index contributed by atoms with van der Waals surface area (Å²) in [5.41, 5.74) is 1.14. The van der Waals surface area contributed by atoms with E-state index in [1.807, 2.05) is 11.4 Å². The number of aryl methyl sites for hydroxylation is 1. The number of urea groups is 1. The highest BCUT2D eigenvalue weighted by molar-refractivity contribution is 5.99. The highest BCUT2D eigenvalue weighted by Crippen LogP contribution is 2.25. The van der Waals surface area contributed by atoms with Crippen LogP contribution in [0.1, 0.15) is 16.1 Å². The Bertz CT molecular complexity index is 772. The number of nitrogens with one attached hydrogen (secondary N) is 2. The number of nitrogens with zero attached hydrogens (tertiary/aromatic N) is 1. The average Bonchev–Trinajstić information content (AvgIpc) is 3.02. The van der Waals surface area contributed by atoms with E-state index in [1.165, 1.54) is 7.11 Å². The lowest BCUT2D eigenvalue weighted by Crippen LogP contribution is -2.42. The van der Waals surface area contributed by atoms with Crippen LogP contribution in [0.3, 0.4) is 0 Å².